The number of nitrogens with one attached hydrogen (secondary N) is 1. The lowest BCUT2D eigenvalue weighted by molar-refractivity contribution is 0.389. The molecule has 1 aliphatic rings. The highest BCUT2D eigenvalue weighted by atomic mass is 16.5. The van der Waals surface area contributed by atoms with Crippen LogP contribution in [0.4, 0.5) is 5.95 Å². The summed E-state index contributed by atoms with van der Waals surface area (Å²) in [7, 11) is 0. The Kier molecular flexibility index (Phi) is 3.27. The summed E-state index contributed by atoms with van der Waals surface area (Å²) in [6.07, 6.45) is 7.19. The lowest BCUT2D eigenvalue weighted by atomic mass is 10.2. The number of aryl methyl sites for hydroxylation is 2. The minimum absolute atomic E-state index is 0.569. The molecule has 102 valence electrons. The third-order valence-electron chi connectivity index (χ3n) is 3.59. The third kappa shape index (κ3) is 2.80. The highest BCUT2D eigenvalue weighted by molar-refractivity contribution is 5.31. The second kappa shape index (κ2) is 5.07. The fourth-order valence-electron chi connectivity index (χ4n) is 2.70. The molecule has 2 heterocycles. The van der Waals surface area contributed by atoms with Crippen molar-refractivity contribution in [1.29, 1.82) is 0 Å². The normalized spacial score (nSPS) is 16.1. The Bertz CT molecular complexity index is 552. The van der Waals surface area contributed by atoms with Crippen molar-refractivity contribution in [2.75, 3.05) is 5.32 Å². The molecular formula is C14H20N4O. The first-order valence-electron chi connectivity index (χ1n) is 6.93. The van der Waals surface area contributed by atoms with E-state index in [1.54, 1.807) is 0 Å². The van der Waals surface area contributed by atoms with Gasteiger partial charge in [-0.2, -0.15) is 0 Å². The van der Waals surface area contributed by atoms with Gasteiger partial charge >= 0.3 is 0 Å². The van der Waals surface area contributed by atoms with Crippen molar-refractivity contribution in [3.63, 3.8) is 0 Å². The topological polar surface area (TPSA) is 55.9 Å². The van der Waals surface area contributed by atoms with Gasteiger partial charge in [-0.15, -0.1) is 0 Å². The maximum atomic E-state index is 5.11. The van der Waals surface area contributed by atoms with Gasteiger partial charge in [0.05, 0.1) is 12.2 Å². The first kappa shape index (κ1) is 12.3. The predicted octanol–water partition coefficient (Wildman–Crippen LogP) is 2.89. The second-order valence-electron chi connectivity index (χ2n) is 5.39. The second-order valence-corrected chi connectivity index (χ2v) is 5.39. The molecule has 0 bridgehead atoms. The molecule has 0 saturated heterocycles. The Labute approximate surface area is 113 Å². The largest absolute Gasteiger partial charge is 0.361 e. The number of hydrogen-bond acceptors (Lipinski definition) is 4. The highest BCUT2D eigenvalue weighted by Gasteiger charge is 2.17. The summed E-state index contributed by atoms with van der Waals surface area (Å²) < 4.78 is 7.23. The van der Waals surface area contributed by atoms with E-state index < -0.39 is 0 Å². The smallest absolute Gasteiger partial charge is 0.203 e. The quantitative estimate of drug-likeness (QED) is 0.918. The zero-order chi connectivity index (χ0) is 13.2. The SMILES string of the molecule is Cc1cn(Cc2cc(C)on2)c(NC2CCCC2)n1. The van der Waals surface area contributed by atoms with E-state index in [9.17, 15) is 0 Å². The van der Waals surface area contributed by atoms with Crippen LogP contribution in [0.3, 0.4) is 0 Å². The van der Waals surface area contributed by atoms with E-state index in [-0.39, 0.29) is 0 Å². The summed E-state index contributed by atoms with van der Waals surface area (Å²) in [6.45, 7) is 4.63. The van der Waals surface area contributed by atoms with Crippen LogP contribution in [0.1, 0.15) is 42.8 Å². The molecule has 1 saturated carbocycles. The van der Waals surface area contributed by atoms with Crippen LogP contribution in [-0.4, -0.2) is 20.7 Å². The molecule has 0 aromatic carbocycles. The van der Waals surface area contributed by atoms with Gasteiger partial charge in [-0.25, -0.2) is 4.98 Å². The molecule has 0 atom stereocenters. The average Bonchev–Trinajstić information content (AvgIpc) is 3.05. The van der Waals surface area contributed by atoms with E-state index in [2.05, 4.69) is 26.2 Å². The van der Waals surface area contributed by atoms with Gasteiger partial charge in [0, 0.05) is 18.3 Å². The van der Waals surface area contributed by atoms with E-state index in [1.165, 1.54) is 25.7 Å². The summed E-state index contributed by atoms with van der Waals surface area (Å²) >= 11 is 0. The molecule has 1 N–H and O–H groups in total. The molecule has 0 amide bonds. The highest BCUT2D eigenvalue weighted by Crippen LogP contribution is 2.22. The van der Waals surface area contributed by atoms with Gasteiger partial charge < -0.3 is 14.4 Å². The van der Waals surface area contributed by atoms with Gasteiger partial charge in [-0.05, 0) is 26.7 Å². The first-order chi connectivity index (χ1) is 9.20. The Morgan fingerprint density at radius 1 is 1.37 bits per heavy atom. The molecule has 1 aliphatic carbocycles. The van der Waals surface area contributed by atoms with Gasteiger partial charge in [0.25, 0.3) is 0 Å². The maximum absolute atomic E-state index is 5.11. The van der Waals surface area contributed by atoms with Crippen molar-refractivity contribution in [2.45, 2.75) is 52.1 Å². The van der Waals surface area contributed by atoms with Crippen LogP contribution >= 0.6 is 0 Å². The van der Waals surface area contributed by atoms with E-state index >= 15 is 0 Å². The fourth-order valence-corrected chi connectivity index (χ4v) is 2.70. The number of rotatable bonds is 4. The molecule has 0 radical (unpaired) electrons. The summed E-state index contributed by atoms with van der Waals surface area (Å²) in [6, 6.07) is 2.54. The van der Waals surface area contributed by atoms with Crippen molar-refractivity contribution in [3.8, 4) is 0 Å². The van der Waals surface area contributed by atoms with Gasteiger partial charge in [-0.3, -0.25) is 0 Å². The average molecular weight is 260 g/mol. The Balaban J connectivity index is 1.76. The number of aromatic nitrogens is 3. The zero-order valence-corrected chi connectivity index (χ0v) is 11.5. The third-order valence-corrected chi connectivity index (χ3v) is 3.59. The molecule has 5 nitrogen and oxygen atoms in total. The van der Waals surface area contributed by atoms with Gasteiger partial charge in [0.2, 0.25) is 5.95 Å². The number of anilines is 1. The van der Waals surface area contributed by atoms with Crippen molar-refractivity contribution in [2.24, 2.45) is 0 Å². The summed E-state index contributed by atoms with van der Waals surface area (Å²) in [5, 5.41) is 7.59. The molecule has 0 unspecified atom stereocenters. The van der Waals surface area contributed by atoms with E-state index in [0.29, 0.717) is 12.6 Å². The molecule has 0 spiro atoms. The fraction of sp³-hybridized carbons (Fsp3) is 0.571. The van der Waals surface area contributed by atoms with Crippen LogP contribution in [0, 0.1) is 13.8 Å². The van der Waals surface area contributed by atoms with Crippen molar-refractivity contribution in [3.05, 3.63) is 29.4 Å². The summed E-state index contributed by atoms with van der Waals surface area (Å²) in [5.41, 5.74) is 1.96. The van der Waals surface area contributed by atoms with Crippen LogP contribution in [0.2, 0.25) is 0 Å². The number of imidazole rings is 1. The lowest BCUT2D eigenvalue weighted by Crippen LogP contribution is -2.18. The Morgan fingerprint density at radius 3 is 2.84 bits per heavy atom. The minimum atomic E-state index is 0.569. The number of nitrogens with zero attached hydrogens (tertiary/aromatic N) is 3. The monoisotopic (exact) mass is 260 g/mol. The van der Waals surface area contributed by atoms with E-state index in [4.69, 9.17) is 4.52 Å². The molecule has 3 rings (SSSR count). The van der Waals surface area contributed by atoms with Gasteiger partial charge in [0.1, 0.15) is 11.5 Å². The van der Waals surface area contributed by atoms with Crippen molar-refractivity contribution >= 4 is 5.95 Å². The van der Waals surface area contributed by atoms with Crippen LogP contribution in [-0.2, 0) is 6.54 Å². The van der Waals surface area contributed by atoms with Gasteiger partial charge in [-0.1, -0.05) is 18.0 Å². The predicted molar refractivity (Wildman–Crippen MR) is 73.2 cm³/mol. The zero-order valence-electron chi connectivity index (χ0n) is 11.5. The first-order valence-corrected chi connectivity index (χ1v) is 6.93. The van der Waals surface area contributed by atoms with Gasteiger partial charge in [0.15, 0.2) is 0 Å². The van der Waals surface area contributed by atoms with Crippen molar-refractivity contribution < 1.29 is 4.52 Å². The number of hydrogen-bond donors (Lipinski definition) is 1. The summed E-state index contributed by atoms with van der Waals surface area (Å²) in [5.74, 6) is 1.79. The molecule has 19 heavy (non-hydrogen) atoms. The van der Waals surface area contributed by atoms with E-state index in [0.717, 1.165) is 23.1 Å². The standard InChI is InChI=1S/C14H20N4O/c1-10-8-18(9-13-7-11(2)19-17-13)14(15-10)16-12-5-3-4-6-12/h7-8,12H,3-6,9H2,1-2H3,(H,15,16). The van der Waals surface area contributed by atoms with E-state index in [1.807, 2.05) is 19.9 Å². The molecule has 2 aromatic rings. The molecule has 2 aromatic heterocycles. The van der Waals surface area contributed by atoms with Crippen LogP contribution in [0.5, 0.6) is 0 Å². The summed E-state index contributed by atoms with van der Waals surface area (Å²) in [4.78, 5) is 4.57. The van der Waals surface area contributed by atoms with Crippen LogP contribution in [0.25, 0.3) is 0 Å². The maximum Gasteiger partial charge on any atom is 0.203 e. The minimum Gasteiger partial charge on any atom is -0.361 e. The Hall–Kier alpha value is -1.78. The molecule has 0 aliphatic heterocycles. The lowest BCUT2D eigenvalue weighted by Gasteiger charge is -2.13. The van der Waals surface area contributed by atoms with Crippen LogP contribution < -0.4 is 5.32 Å². The molecule has 1 fully saturated rings. The Morgan fingerprint density at radius 2 is 2.16 bits per heavy atom. The molecular weight excluding hydrogens is 240 g/mol. The molecule has 5 heteroatoms. The van der Waals surface area contributed by atoms with Crippen molar-refractivity contribution in [1.82, 2.24) is 14.7 Å². The van der Waals surface area contributed by atoms with Crippen LogP contribution in [0.15, 0.2) is 16.8 Å².